The summed E-state index contributed by atoms with van der Waals surface area (Å²) in [6.45, 7) is 0.633. The fourth-order valence-electron chi connectivity index (χ4n) is 2.88. The minimum Gasteiger partial charge on any atom is -0.366 e. The summed E-state index contributed by atoms with van der Waals surface area (Å²) in [7, 11) is 3.84. The zero-order chi connectivity index (χ0) is 18.6. The minimum atomic E-state index is 0.633. The van der Waals surface area contributed by atoms with Gasteiger partial charge in [-0.1, -0.05) is 6.07 Å². The van der Waals surface area contributed by atoms with Crippen LogP contribution in [-0.4, -0.2) is 39.0 Å². The number of H-pyrrole nitrogens is 1. The summed E-state index contributed by atoms with van der Waals surface area (Å²) in [6, 6.07) is 8.13. The normalized spacial score (nSPS) is 10.9. The molecule has 0 aliphatic rings. The lowest BCUT2D eigenvalue weighted by atomic mass is 10.1. The fraction of sp³-hybridized carbons (Fsp3) is 0.200. The monoisotopic (exact) mass is 359 g/mol. The zero-order valence-electron chi connectivity index (χ0n) is 15.3. The number of nitrogens with one attached hydrogen (secondary N) is 2. The van der Waals surface area contributed by atoms with Gasteiger partial charge in [0.05, 0.1) is 0 Å². The van der Waals surface area contributed by atoms with Crippen LogP contribution in [0.2, 0.25) is 0 Å². The molecule has 136 valence electrons. The molecule has 2 N–H and O–H groups in total. The van der Waals surface area contributed by atoms with Crippen molar-refractivity contribution in [1.29, 1.82) is 0 Å². The summed E-state index contributed by atoms with van der Waals surface area (Å²) in [5, 5.41) is 4.46. The molecule has 0 fully saturated rings. The molecule has 0 saturated heterocycles. The van der Waals surface area contributed by atoms with E-state index in [1.165, 1.54) is 5.56 Å². The Hall–Kier alpha value is -3.48. The number of nitrogens with zero attached hydrogens (tertiary/aromatic N) is 5. The van der Waals surface area contributed by atoms with Crippen LogP contribution < -0.4 is 10.2 Å². The van der Waals surface area contributed by atoms with Crippen LogP contribution in [0.25, 0.3) is 11.0 Å². The van der Waals surface area contributed by atoms with E-state index in [-0.39, 0.29) is 0 Å². The summed E-state index contributed by atoms with van der Waals surface area (Å²) >= 11 is 0. The van der Waals surface area contributed by atoms with Crippen molar-refractivity contribution < 1.29 is 0 Å². The Morgan fingerprint density at radius 3 is 2.52 bits per heavy atom. The number of aromatic amines is 1. The van der Waals surface area contributed by atoms with Gasteiger partial charge in [-0.15, -0.1) is 0 Å². The summed E-state index contributed by atoms with van der Waals surface area (Å²) in [5.74, 6) is 1.53. The van der Waals surface area contributed by atoms with Gasteiger partial charge in [0.2, 0.25) is 5.95 Å². The molecule has 27 heavy (non-hydrogen) atoms. The number of aromatic nitrogens is 5. The lowest BCUT2D eigenvalue weighted by Gasteiger charge is -2.10. The van der Waals surface area contributed by atoms with Gasteiger partial charge < -0.3 is 15.2 Å². The van der Waals surface area contributed by atoms with Gasteiger partial charge in [0, 0.05) is 69.0 Å². The lowest BCUT2D eigenvalue weighted by Crippen LogP contribution is -2.13. The van der Waals surface area contributed by atoms with Crippen LogP contribution in [0.1, 0.15) is 16.7 Å². The van der Waals surface area contributed by atoms with Crippen molar-refractivity contribution in [3.05, 3.63) is 71.9 Å². The Labute approximate surface area is 157 Å². The molecule has 0 radical (unpaired) electrons. The zero-order valence-corrected chi connectivity index (χ0v) is 15.3. The molecule has 4 aromatic heterocycles. The first kappa shape index (κ1) is 17.0. The van der Waals surface area contributed by atoms with E-state index >= 15 is 0 Å². The van der Waals surface area contributed by atoms with Gasteiger partial charge in [0.1, 0.15) is 11.5 Å². The molecule has 4 rings (SSSR count). The summed E-state index contributed by atoms with van der Waals surface area (Å²) in [4.78, 5) is 22.6. The minimum absolute atomic E-state index is 0.633. The third-order valence-corrected chi connectivity index (χ3v) is 4.32. The summed E-state index contributed by atoms with van der Waals surface area (Å²) in [6.07, 6.45) is 10.2. The van der Waals surface area contributed by atoms with E-state index in [0.717, 1.165) is 34.4 Å². The smallest absolute Gasteiger partial charge is 0.224 e. The highest BCUT2D eigenvalue weighted by atomic mass is 15.2. The van der Waals surface area contributed by atoms with Gasteiger partial charge in [-0.05, 0) is 29.3 Å². The molecule has 0 saturated carbocycles. The highest BCUT2D eigenvalue weighted by Crippen LogP contribution is 2.19. The standard InChI is InChI=1S/C20H21N7/c1-27(2)20-25-11-15(12-26-20)10-23-18-6-5-14(9-22-18)8-16-13-24-19-17(16)4-3-7-21-19/h3-7,9,11-13H,8,10H2,1-2H3,(H,21,24)(H,22,23). The molecule has 0 unspecified atom stereocenters. The van der Waals surface area contributed by atoms with Crippen LogP contribution in [0.4, 0.5) is 11.8 Å². The first-order chi connectivity index (χ1) is 13.2. The van der Waals surface area contributed by atoms with E-state index < -0.39 is 0 Å². The third-order valence-electron chi connectivity index (χ3n) is 4.32. The highest BCUT2D eigenvalue weighted by molar-refractivity contribution is 5.79. The fourth-order valence-corrected chi connectivity index (χ4v) is 2.88. The topological polar surface area (TPSA) is 82.6 Å². The van der Waals surface area contributed by atoms with Crippen LogP contribution in [0, 0.1) is 0 Å². The van der Waals surface area contributed by atoms with Crippen molar-refractivity contribution in [2.45, 2.75) is 13.0 Å². The molecule has 7 nitrogen and oxygen atoms in total. The maximum absolute atomic E-state index is 4.51. The second-order valence-corrected chi connectivity index (χ2v) is 6.58. The van der Waals surface area contributed by atoms with Gasteiger partial charge in [-0.25, -0.2) is 19.9 Å². The summed E-state index contributed by atoms with van der Waals surface area (Å²) < 4.78 is 0. The third kappa shape index (κ3) is 3.87. The van der Waals surface area contributed by atoms with Gasteiger partial charge >= 0.3 is 0 Å². The van der Waals surface area contributed by atoms with Crippen LogP contribution in [0.3, 0.4) is 0 Å². The Balaban J connectivity index is 1.38. The quantitative estimate of drug-likeness (QED) is 0.551. The maximum atomic E-state index is 4.51. The van der Waals surface area contributed by atoms with Crippen LogP contribution in [0.5, 0.6) is 0 Å². The molecule has 0 aliphatic heterocycles. The Morgan fingerprint density at radius 2 is 1.78 bits per heavy atom. The molecule has 0 bridgehead atoms. The number of fused-ring (bicyclic) bond motifs is 1. The molecule has 0 aromatic carbocycles. The summed E-state index contributed by atoms with van der Waals surface area (Å²) in [5.41, 5.74) is 4.31. The largest absolute Gasteiger partial charge is 0.366 e. The van der Waals surface area contributed by atoms with Gasteiger partial charge in [0.15, 0.2) is 0 Å². The maximum Gasteiger partial charge on any atom is 0.224 e. The van der Waals surface area contributed by atoms with Crippen molar-refractivity contribution >= 4 is 22.8 Å². The first-order valence-corrected chi connectivity index (χ1v) is 8.77. The average molecular weight is 359 g/mol. The molecule has 0 aliphatic carbocycles. The van der Waals surface area contributed by atoms with Gasteiger partial charge in [-0.3, -0.25) is 0 Å². The predicted octanol–water partition coefficient (Wildman–Crippen LogP) is 3.02. The first-order valence-electron chi connectivity index (χ1n) is 8.77. The van der Waals surface area contributed by atoms with Crippen molar-refractivity contribution in [2.24, 2.45) is 0 Å². The molecule has 0 amide bonds. The molecular weight excluding hydrogens is 338 g/mol. The van der Waals surface area contributed by atoms with Crippen molar-refractivity contribution in [3.63, 3.8) is 0 Å². The number of rotatable bonds is 6. The second-order valence-electron chi connectivity index (χ2n) is 6.58. The number of hydrogen-bond donors (Lipinski definition) is 2. The van der Waals surface area contributed by atoms with E-state index in [9.17, 15) is 0 Å². The van der Waals surface area contributed by atoms with Crippen LogP contribution >= 0.6 is 0 Å². The average Bonchev–Trinajstić information content (AvgIpc) is 3.11. The molecular formula is C20H21N7. The molecule has 0 spiro atoms. The van der Waals surface area contributed by atoms with Crippen molar-refractivity contribution in [2.75, 3.05) is 24.3 Å². The Morgan fingerprint density at radius 1 is 0.963 bits per heavy atom. The van der Waals surface area contributed by atoms with Crippen LogP contribution in [-0.2, 0) is 13.0 Å². The van der Waals surface area contributed by atoms with Crippen molar-refractivity contribution in [3.8, 4) is 0 Å². The van der Waals surface area contributed by atoms with Crippen LogP contribution in [0.15, 0.2) is 55.2 Å². The van der Waals surface area contributed by atoms with E-state index in [2.05, 4.69) is 42.4 Å². The molecule has 0 atom stereocenters. The second kappa shape index (κ2) is 7.41. The van der Waals surface area contributed by atoms with Gasteiger partial charge in [0.25, 0.3) is 0 Å². The number of pyridine rings is 2. The van der Waals surface area contributed by atoms with E-state index in [1.807, 2.05) is 55.9 Å². The predicted molar refractivity (Wildman–Crippen MR) is 107 cm³/mol. The molecule has 4 aromatic rings. The Kier molecular flexibility index (Phi) is 4.65. The number of hydrogen-bond acceptors (Lipinski definition) is 6. The van der Waals surface area contributed by atoms with Gasteiger partial charge in [-0.2, -0.15) is 0 Å². The molecule has 7 heteroatoms. The van der Waals surface area contributed by atoms with Crippen molar-refractivity contribution in [1.82, 2.24) is 24.9 Å². The SMILES string of the molecule is CN(C)c1ncc(CNc2ccc(Cc3c[nH]c4ncccc34)cn2)cn1. The van der Waals surface area contributed by atoms with E-state index in [0.29, 0.717) is 12.5 Å². The molecule has 4 heterocycles. The van der Waals surface area contributed by atoms with E-state index in [1.54, 1.807) is 6.20 Å². The number of anilines is 2. The highest BCUT2D eigenvalue weighted by Gasteiger charge is 2.06. The Bertz CT molecular complexity index is 1020. The lowest BCUT2D eigenvalue weighted by molar-refractivity contribution is 0.967. The van der Waals surface area contributed by atoms with E-state index in [4.69, 9.17) is 0 Å².